The molecule has 0 bridgehead atoms. The average Bonchev–Trinajstić information content (AvgIpc) is 3.08. The second-order valence-corrected chi connectivity index (χ2v) is 6.42. The molecule has 0 saturated heterocycles. The fraction of sp³-hybridized carbons (Fsp3) is 0.188. The van der Waals surface area contributed by atoms with Crippen molar-refractivity contribution < 1.29 is 22.8 Å². The molecule has 0 spiro atoms. The summed E-state index contributed by atoms with van der Waals surface area (Å²) in [6, 6.07) is 7.51. The van der Waals surface area contributed by atoms with E-state index in [1.54, 1.807) is 18.2 Å². The molecule has 0 aliphatic carbocycles. The van der Waals surface area contributed by atoms with Gasteiger partial charge in [-0.15, -0.1) is 11.3 Å². The number of carbonyl (C=O) groups excluding carboxylic acids is 2. The van der Waals surface area contributed by atoms with Crippen LogP contribution in [0.15, 0.2) is 30.3 Å². The Bertz CT molecular complexity index is 988. The molecule has 0 aliphatic heterocycles. The first-order valence-electron chi connectivity index (χ1n) is 7.13. The summed E-state index contributed by atoms with van der Waals surface area (Å²) in [5.41, 5.74) is -0.194. The van der Waals surface area contributed by atoms with Gasteiger partial charge < -0.3 is 5.32 Å². The van der Waals surface area contributed by atoms with E-state index in [1.165, 1.54) is 26.1 Å². The average molecular weight is 367 g/mol. The van der Waals surface area contributed by atoms with E-state index >= 15 is 0 Å². The number of anilines is 1. The van der Waals surface area contributed by atoms with Gasteiger partial charge in [0.15, 0.2) is 11.5 Å². The molecule has 0 fully saturated rings. The number of carbonyl (C=O) groups is 2. The Hall–Kier alpha value is -2.68. The second-order valence-electron chi connectivity index (χ2n) is 5.39. The number of amides is 1. The number of aryl methyl sites for hydroxylation is 1. The zero-order valence-corrected chi connectivity index (χ0v) is 14.0. The predicted molar refractivity (Wildman–Crippen MR) is 88.0 cm³/mol. The third kappa shape index (κ3) is 3.27. The highest BCUT2D eigenvalue weighted by Gasteiger charge is 2.37. The highest BCUT2D eigenvalue weighted by atomic mass is 32.1. The molecule has 1 aromatic carbocycles. The van der Waals surface area contributed by atoms with Gasteiger partial charge in [-0.2, -0.15) is 18.3 Å². The molecule has 2 heterocycles. The lowest BCUT2D eigenvalue weighted by Gasteiger charge is -2.05. The number of ketones is 1. The molecule has 3 rings (SSSR count). The highest BCUT2D eigenvalue weighted by molar-refractivity contribution is 7.20. The molecular weight excluding hydrogens is 355 g/mol. The van der Waals surface area contributed by atoms with Crippen LogP contribution in [-0.2, 0) is 13.2 Å². The van der Waals surface area contributed by atoms with Crippen molar-refractivity contribution in [3.63, 3.8) is 0 Å². The summed E-state index contributed by atoms with van der Waals surface area (Å²) in [4.78, 5) is 24.1. The number of halogens is 3. The van der Waals surface area contributed by atoms with Crippen molar-refractivity contribution in [2.24, 2.45) is 7.05 Å². The number of rotatable bonds is 3. The van der Waals surface area contributed by atoms with E-state index in [2.05, 4.69) is 10.4 Å². The van der Waals surface area contributed by atoms with Crippen molar-refractivity contribution in [3.05, 3.63) is 46.5 Å². The molecule has 5 nitrogen and oxygen atoms in total. The Morgan fingerprint density at radius 2 is 1.96 bits per heavy atom. The topological polar surface area (TPSA) is 64.0 Å². The van der Waals surface area contributed by atoms with Gasteiger partial charge in [-0.25, -0.2) is 0 Å². The first kappa shape index (κ1) is 17.2. The van der Waals surface area contributed by atoms with E-state index < -0.39 is 17.8 Å². The largest absolute Gasteiger partial charge is 0.435 e. The van der Waals surface area contributed by atoms with E-state index in [0.29, 0.717) is 11.3 Å². The summed E-state index contributed by atoms with van der Waals surface area (Å²) in [7, 11) is 1.39. The Labute approximate surface area is 144 Å². The summed E-state index contributed by atoms with van der Waals surface area (Å²) in [6.45, 7) is 1.40. The predicted octanol–water partition coefficient (Wildman–Crippen LogP) is 4.11. The molecule has 9 heteroatoms. The van der Waals surface area contributed by atoms with Crippen LogP contribution in [0.5, 0.6) is 0 Å². The summed E-state index contributed by atoms with van der Waals surface area (Å²) < 4.78 is 40.1. The minimum Gasteiger partial charge on any atom is -0.321 e. The molecular formula is C16H12F3N3O2S. The Morgan fingerprint density at radius 3 is 2.60 bits per heavy atom. The molecule has 130 valence electrons. The maximum absolute atomic E-state index is 13.0. The summed E-state index contributed by atoms with van der Waals surface area (Å²) in [6.07, 6.45) is -4.59. The van der Waals surface area contributed by atoms with E-state index in [0.717, 1.165) is 16.0 Å². The van der Waals surface area contributed by atoms with Crippen molar-refractivity contribution >= 4 is 38.9 Å². The van der Waals surface area contributed by atoms with E-state index in [-0.39, 0.29) is 20.9 Å². The molecule has 0 atom stereocenters. The fourth-order valence-corrected chi connectivity index (χ4v) is 3.34. The van der Waals surface area contributed by atoms with Crippen LogP contribution in [0.25, 0.3) is 10.2 Å². The molecule has 0 radical (unpaired) electrons. The summed E-state index contributed by atoms with van der Waals surface area (Å²) >= 11 is 0.920. The van der Waals surface area contributed by atoms with Gasteiger partial charge in [0.05, 0.1) is 4.88 Å². The lowest BCUT2D eigenvalue weighted by molar-refractivity contribution is -0.140. The summed E-state index contributed by atoms with van der Waals surface area (Å²) in [5, 5.41) is 5.95. The van der Waals surface area contributed by atoms with Crippen LogP contribution in [-0.4, -0.2) is 21.5 Å². The Balaban J connectivity index is 1.93. The molecule has 25 heavy (non-hydrogen) atoms. The first-order chi connectivity index (χ1) is 11.7. The van der Waals surface area contributed by atoms with Gasteiger partial charge in [-0.05, 0) is 25.1 Å². The zero-order valence-electron chi connectivity index (χ0n) is 13.1. The standard InChI is InChI=1S/C16H12F3N3O2S/c1-8(23)9-4-3-5-10(6-9)20-14(24)12-7-11-13(16(17,18)19)21-22(2)15(11)25-12/h3-7H,1-2H3,(H,20,24). The van der Waals surface area contributed by atoms with Gasteiger partial charge in [0.2, 0.25) is 0 Å². The number of benzene rings is 1. The second kappa shape index (κ2) is 5.99. The number of thiophene rings is 1. The molecule has 3 aromatic rings. The number of fused-ring (bicyclic) bond motifs is 1. The number of Topliss-reactive ketones (excluding diaryl/α,β-unsaturated/α-hetero) is 1. The van der Waals surface area contributed by atoms with E-state index in [4.69, 9.17) is 0 Å². The van der Waals surface area contributed by atoms with Gasteiger partial charge in [0.25, 0.3) is 5.91 Å². The summed E-state index contributed by atoms with van der Waals surface area (Å²) in [5.74, 6) is -0.700. The maximum Gasteiger partial charge on any atom is 0.435 e. The van der Waals surface area contributed by atoms with Crippen LogP contribution < -0.4 is 5.32 Å². The van der Waals surface area contributed by atoms with E-state index in [1.807, 2.05) is 0 Å². The number of aromatic nitrogens is 2. The lowest BCUT2D eigenvalue weighted by Crippen LogP contribution is -2.11. The smallest absolute Gasteiger partial charge is 0.321 e. The number of nitrogens with zero attached hydrogens (tertiary/aromatic N) is 2. The van der Waals surface area contributed by atoms with Crippen LogP contribution in [0.2, 0.25) is 0 Å². The van der Waals surface area contributed by atoms with Crippen LogP contribution in [0.3, 0.4) is 0 Å². The molecule has 0 unspecified atom stereocenters. The molecule has 1 N–H and O–H groups in total. The minimum atomic E-state index is -4.59. The number of hydrogen-bond donors (Lipinski definition) is 1. The maximum atomic E-state index is 13.0. The van der Waals surface area contributed by atoms with Gasteiger partial charge in [0, 0.05) is 23.7 Å². The zero-order chi connectivity index (χ0) is 18.4. The number of hydrogen-bond acceptors (Lipinski definition) is 4. The van der Waals surface area contributed by atoms with Crippen LogP contribution in [0.4, 0.5) is 18.9 Å². The van der Waals surface area contributed by atoms with Crippen molar-refractivity contribution in [1.29, 1.82) is 0 Å². The quantitative estimate of drug-likeness (QED) is 0.709. The van der Waals surface area contributed by atoms with Crippen LogP contribution >= 0.6 is 11.3 Å². The highest BCUT2D eigenvalue weighted by Crippen LogP contribution is 2.37. The normalized spacial score (nSPS) is 11.7. The van der Waals surface area contributed by atoms with Gasteiger partial charge in [0.1, 0.15) is 4.83 Å². The van der Waals surface area contributed by atoms with Crippen molar-refractivity contribution in [3.8, 4) is 0 Å². The monoisotopic (exact) mass is 367 g/mol. The van der Waals surface area contributed by atoms with Crippen molar-refractivity contribution in [2.45, 2.75) is 13.1 Å². The van der Waals surface area contributed by atoms with Gasteiger partial charge in [-0.3, -0.25) is 14.3 Å². The SMILES string of the molecule is CC(=O)c1cccc(NC(=O)c2cc3c(C(F)(F)F)nn(C)c3s2)c1. The molecule has 0 aliphatic rings. The minimum absolute atomic E-state index is 0.109. The van der Waals surface area contributed by atoms with Gasteiger partial charge in [-0.1, -0.05) is 12.1 Å². The number of nitrogens with one attached hydrogen (secondary N) is 1. The third-order valence-electron chi connectivity index (χ3n) is 3.53. The fourth-order valence-electron chi connectivity index (χ4n) is 2.37. The third-order valence-corrected chi connectivity index (χ3v) is 4.73. The van der Waals surface area contributed by atoms with Crippen LogP contribution in [0, 0.1) is 0 Å². The Morgan fingerprint density at radius 1 is 1.24 bits per heavy atom. The molecule has 1 amide bonds. The molecule has 0 saturated carbocycles. The first-order valence-corrected chi connectivity index (χ1v) is 7.94. The molecule has 2 aromatic heterocycles. The van der Waals surface area contributed by atoms with E-state index in [9.17, 15) is 22.8 Å². The van der Waals surface area contributed by atoms with Gasteiger partial charge >= 0.3 is 6.18 Å². The van der Waals surface area contributed by atoms with Crippen LogP contribution in [0.1, 0.15) is 32.6 Å². The lowest BCUT2D eigenvalue weighted by atomic mass is 10.1. The van der Waals surface area contributed by atoms with Crippen molar-refractivity contribution in [1.82, 2.24) is 9.78 Å². The van der Waals surface area contributed by atoms with Crippen molar-refractivity contribution in [2.75, 3.05) is 5.32 Å². The Kier molecular flexibility index (Phi) is 4.11. The number of alkyl halides is 3.